The maximum absolute atomic E-state index is 11.5. The molecule has 0 N–H and O–H groups in total. The number of hydrogen-bond donors (Lipinski definition) is 0. The van der Waals surface area contributed by atoms with E-state index in [9.17, 15) is 14.4 Å². The molecular formula is C25H28O8. The topological polar surface area (TPSA) is 97.4 Å². The number of ether oxygens (including phenoxy) is 5. The Bertz CT molecular complexity index is 1030. The summed E-state index contributed by atoms with van der Waals surface area (Å²) in [6, 6.07) is 11.1. The van der Waals surface area contributed by atoms with Crippen LogP contribution < -0.4 is 14.2 Å². The molecule has 1 aliphatic rings. The quantitative estimate of drug-likeness (QED) is 0.318. The fraction of sp³-hybridized carbons (Fsp3) is 0.400. The number of rotatable bonds is 9. The van der Waals surface area contributed by atoms with Crippen molar-refractivity contribution in [3.63, 3.8) is 0 Å². The first-order chi connectivity index (χ1) is 15.8. The molecule has 33 heavy (non-hydrogen) atoms. The Morgan fingerprint density at radius 3 is 2.33 bits per heavy atom. The van der Waals surface area contributed by atoms with Crippen molar-refractivity contribution in [1.82, 2.24) is 0 Å². The van der Waals surface area contributed by atoms with Crippen molar-refractivity contribution < 1.29 is 38.1 Å². The van der Waals surface area contributed by atoms with Gasteiger partial charge in [0.1, 0.15) is 18.5 Å². The fourth-order valence-electron chi connectivity index (χ4n) is 3.81. The zero-order valence-electron chi connectivity index (χ0n) is 19.2. The van der Waals surface area contributed by atoms with E-state index in [0.717, 1.165) is 23.1 Å². The maximum atomic E-state index is 11.5. The molecule has 0 amide bonds. The van der Waals surface area contributed by atoms with E-state index in [0.29, 0.717) is 30.3 Å². The average molecular weight is 456 g/mol. The standard InChI is InChI=1S/C25H28O8/c1-15(26)30-11-5-6-18-7-9-22-20(12-18)21(14-31-16(2)27)25(33-22)19-8-10-23(32-17(3)28)24(13-19)29-4/h7-10,12-13,21,25H,5-6,11,14H2,1-4H3/t21-,25+/m0/s1. The van der Waals surface area contributed by atoms with Crippen LogP contribution in [0.15, 0.2) is 36.4 Å². The number of methoxy groups -OCH3 is 1. The minimum absolute atomic E-state index is 0.151. The molecule has 0 fully saturated rings. The molecule has 8 heteroatoms. The second kappa shape index (κ2) is 10.8. The minimum Gasteiger partial charge on any atom is -0.493 e. The molecule has 0 spiro atoms. The molecule has 0 unspecified atom stereocenters. The first-order valence-corrected chi connectivity index (χ1v) is 10.7. The third-order valence-electron chi connectivity index (χ3n) is 5.24. The van der Waals surface area contributed by atoms with Gasteiger partial charge in [-0.3, -0.25) is 14.4 Å². The van der Waals surface area contributed by atoms with Gasteiger partial charge in [-0.2, -0.15) is 0 Å². The molecule has 8 nitrogen and oxygen atoms in total. The molecule has 0 bridgehead atoms. The van der Waals surface area contributed by atoms with Gasteiger partial charge < -0.3 is 23.7 Å². The van der Waals surface area contributed by atoms with Gasteiger partial charge in [0, 0.05) is 26.3 Å². The van der Waals surface area contributed by atoms with Crippen LogP contribution in [-0.4, -0.2) is 38.2 Å². The monoisotopic (exact) mass is 456 g/mol. The van der Waals surface area contributed by atoms with E-state index in [1.807, 2.05) is 18.2 Å². The van der Waals surface area contributed by atoms with Crippen molar-refractivity contribution >= 4 is 17.9 Å². The largest absolute Gasteiger partial charge is 0.493 e. The summed E-state index contributed by atoms with van der Waals surface area (Å²) >= 11 is 0. The molecule has 2 aromatic rings. The molecular weight excluding hydrogens is 428 g/mol. The van der Waals surface area contributed by atoms with Crippen molar-refractivity contribution in [2.75, 3.05) is 20.3 Å². The summed E-state index contributed by atoms with van der Waals surface area (Å²) in [5, 5.41) is 0. The molecule has 2 atom stereocenters. The van der Waals surface area contributed by atoms with Crippen LogP contribution in [0.5, 0.6) is 17.2 Å². The first-order valence-electron chi connectivity index (χ1n) is 10.7. The summed E-state index contributed by atoms with van der Waals surface area (Å²) in [5.74, 6) is 0.0832. The Hall–Kier alpha value is -3.55. The van der Waals surface area contributed by atoms with Crippen LogP contribution >= 0.6 is 0 Å². The predicted molar refractivity (Wildman–Crippen MR) is 118 cm³/mol. The maximum Gasteiger partial charge on any atom is 0.308 e. The number of carbonyl (C=O) groups is 3. The first kappa shape index (κ1) is 24.1. The van der Waals surface area contributed by atoms with Crippen LogP contribution in [0.3, 0.4) is 0 Å². The van der Waals surface area contributed by atoms with Crippen LogP contribution in [0.25, 0.3) is 0 Å². The summed E-state index contributed by atoms with van der Waals surface area (Å²) < 4.78 is 27.2. The SMILES string of the molecule is COc1cc([C@H]2Oc3ccc(CCCOC(C)=O)cc3[C@@H]2COC(C)=O)ccc1OC(C)=O. The van der Waals surface area contributed by atoms with Gasteiger partial charge in [-0.05, 0) is 42.2 Å². The third kappa shape index (κ3) is 6.25. The second-order valence-corrected chi connectivity index (χ2v) is 7.77. The van der Waals surface area contributed by atoms with Gasteiger partial charge >= 0.3 is 17.9 Å². The van der Waals surface area contributed by atoms with Crippen molar-refractivity contribution in [3.05, 3.63) is 53.1 Å². The zero-order valence-corrected chi connectivity index (χ0v) is 19.2. The fourth-order valence-corrected chi connectivity index (χ4v) is 3.81. The van der Waals surface area contributed by atoms with Gasteiger partial charge in [0.2, 0.25) is 0 Å². The highest BCUT2D eigenvalue weighted by Gasteiger charge is 2.37. The lowest BCUT2D eigenvalue weighted by molar-refractivity contribution is -0.142. The van der Waals surface area contributed by atoms with E-state index in [1.54, 1.807) is 18.2 Å². The second-order valence-electron chi connectivity index (χ2n) is 7.77. The molecule has 1 heterocycles. The highest BCUT2D eigenvalue weighted by Crippen LogP contribution is 2.47. The minimum atomic E-state index is -0.445. The Balaban J connectivity index is 1.86. The number of aryl methyl sites for hydroxylation is 1. The number of fused-ring (bicyclic) bond motifs is 1. The van der Waals surface area contributed by atoms with E-state index < -0.39 is 12.1 Å². The van der Waals surface area contributed by atoms with Crippen LogP contribution in [-0.2, 0) is 30.3 Å². The molecule has 0 aliphatic carbocycles. The molecule has 0 saturated heterocycles. The number of carbonyl (C=O) groups excluding carboxylic acids is 3. The van der Waals surface area contributed by atoms with Crippen LogP contribution in [0, 0.1) is 0 Å². The lowest BCUT2D eigenvalue weighted by Gasteiger charge is -2.20. The van der Waals surface area contributed by atoms with Gasteiger partial charge in [-0.1, -0.05) is 18.2 Å². The highest BCUT2D eigenvalue weighted by atomic mass is 16.6. The Labute approximate surface area is 192 Å². The van der Waals surface area contributed by atoms with Crippen molar-refractivity contribution in [3.8, 4) is 17.2 Å². The third-order valence-corrected chi connectivity index (χ3v) is 5.24. The molecule has 1 aliphatic heterocycles. The predicted octanol–water partition coefficient (Wildman–Crippen LogP) is 3.90. The molecule has 2 aromatic carbocycles. The molecule has 176 valence electrons. The van der Waals surface area contributed by atoms with E-state index >= 15 is 0 Å². The van der Waals surface area contributed by atoms with Crippen LogP contribution in [0.2, 0.25) is 0 Å². The summed E-state index contributed by atoms with van der Waals surface area (Å²) in [7, 11) is 1.49. The van der Waals surface area contributed by atoms with Gasteiger partial charge in [-0.15, -0.1) is 0 Å². The van der Waals surface area contributed by atoms with E-state index in [1.165, 1.54) is 27.9 Å². The van der Waals surface area contributed by atoms with Crippen LogP contribution in [0.1, 0.15) is 55.9 Å². The average Bonchev–Trinajstić information content (AvgIpc) is 3.12. The number of benzene rings is 2. The Morgan fingerprint density at radius 1 is 0.909 bits per heavy atom. The number of hydrogen-bond acceptors (Lipinski definition) is 8. The molecule has 0 aromatic heterocycles. The lowest BCUT2D eigenvalue weighted by Crippen LogP contribution is -2.17. The molecule has 0 radical (unpaired) electrons. The Kier molecular flexibility index (Phi) is 7.92. The zero-order chi connectivity index (χ0) is 24.0. The summed E-state index contributed by atoms with van der Waals surface area (Å²) in [4.78, 5) is 33.8. The van der Waals surface area contributed by atoms with Crippen molar-refractivity contribution in [1.29, 1.82) is 0 Å². The van der Waals surface area contributed by atoms with Crippen molar-refractivity contribution in [2.24, 2.45) is 0 Å². The molecule has 0 saturated carbocycles. The van der Waals surface area contributed by atoms with Crippen molar-refractivity contribution in [2.45, 2.75) is 45.6 Å². The Morgan fingerprint density at radius 2 is 1.67 bits per heavy atom. The van der Waals surface area contributed by atoms with E-state index in [2.05, 4.69) is 0 Å². The van der Waals surface area contributed by atoms with E-state index in [4.69, 9.17) is 23.7 Å². The summed E-state index contributed by atoms with van der Waals surface area (Å²) in [5.41, 5.74) is 2.81. The van der Waals surface area contributed by atoms with Gasteiger partial charge in [0.05, 0.1) is 19.6 Å². The van der Waals surface area contributed by atoms with Gasteiger partial charge in [0.15, 0.2) is 11.5 Å². The highest BCUT2D eigenvalue weighted by molar-refractivity contribution is 5.70. The van der Waals surface area contributed by atoms with Gasteiger partial charge in [-0.25, -0.2) is 0 Å². The van der Waals surface area contributed by atoms with E-state index in [-0.39, 0.29) is 24.5 Å². The normalized spacial score (nSPS) is 16.4. The van der Waals surface area contributed by atoms with Gasteiger partial charge in [0.25, 0.3) is 0 Å². The van der Waals surface area contributed by atoms with Crippen LogP contribution in [0.4, 0.5) is 0 Å². The number of esters is 3. The lowest BCUT2D eigenvalue weighted by atomic mass is 9.90. The smallest absolute Gasteiger partial charge is 0.308 e. The summed E-state index contributed by atoms with van der Waals surface area (Å²) in [6.07, 6.45) is 1.01. The molecule has 3 rings (SSSR count). The summed E-state index contributed by atoms with van der Waals surface area (Å²) in [6.45, 7) is 4.59.